The van der Waals surface area contributed by atoms with Crippen LogP contribution >= 0.6 is 0 Å². The molecule has 1 aromatic rings. The van der Waals surface area contributed by atoms with Crippen molar-refractivity contribution in [3.05, 3.63) is 29.8 Å². The molecule has 0 spiro atoms. The Hall–Kier alpha value is -1.97. The minimum absolute atomic E-state index is 0.221. The van der Waals surface area contributed by atoms with Crippen LogP contribution in [0.2, 0.25) is 0 Å². The third-order valence-corrected chi connectivity index (χ3v) is 3.92. The normalized spacial score (nSPS) is 12.8. The first-order valence-electron chi connectivity index (χ1n) is 5.93. The van der Waals surface area contributed by atoms with Crippen molar-refractivity contribution >= 4 is 22.1 Å². The summed E-state index contributed by atoms with van der Waals surface area (Å²) >= 11 is 0. The molecule has 0 unspecified atom stereocenters. The van der Waals surface area contributed by atoms with Crippen molar-refractivity contribution in [3.63, 3.8) is 0 Å². The molecule has 0 aliphatic carbocycles. The average Bonchev–Trinajstić information content (AvgIpc) is 2.43. The van der Waals surface area contributed by atoms with Crippen LogP contribution in [0.5, 0.6) is 0 Å². The highest BCUT2D eigenvalue weighted by atomic mass is 32.2. The first kappa shape index (κ1) is 17.1. The van der Waals surface area contributed by atoms with E-state index in [1.807, 2.05) is 0 Å². The van der Waals surface area contributed by atoms with Gasteiger partial charge in [-0.15, -0.1) is 0 Å². The highest BCUT2D eigenvalue weighted by molar-refractivity contribution is 7.86. The van der Waals surface area contributed by atoms with Gasteiger partial charge in [0.25, 0.3) is 10.1 Å². The van der Waals surface area contributed by atoms with Gasteiger partial charge in [-0.1, -0.05) is 12.1 Å². The molecular weight excluding hydrogens is 302 g/mol. The number of carbonyl (C=O) groups is 2. The van der Waals surface area contributed by atoms with E-state index in [4.69, 9.17) is 15.9 Å². The maximum atomic E-state index is 11.9. The Labute approximate surface area is 121 Å². The minimum Gasteiger partial charge on any atom is -0.481 e. The van der Waals surface area contributed by atoms with Gasteiger partial charge >= 0.3 is 11.9 Å². The molecule has 8 nitrogen and oxygen atoms in total. The number of hydrogen-bond acceptors (Lipinski definition) is 6. The number of aliphatic carboxylic acids is 2. The zero-order valence-corrected chi connectivity index (χ0v) is 11.7. The molecule has 1 rings (SSSR count). The number of rotatable bonds is 8. The fourth-order valence-electron chi connectivity index (χ4n) is 1.47. The van der Waals surface area contributed by atoms with Gasteiger partial charge < -0.3 is 15.9 Å². The van der Waals surface area contributed by atoms with E-state index in [0.717, 1.165) is 0 Å². The second-order valence-electron chi connectivity index (χ2n) is 4.16. The smallest absolute Gasteiger partial charge is 0.334 e. The van der Waals surface area contributed by atoms with Crippen molar-refractivity contribution in [1.82, 2.24) is 0 Å². The second-order valence-corrected chi connectivity index (χ2v) is 5.73. The molecule has 0 fully saturated rings. The summed E-state index contributed by atoms with van der Waals surface area (Å²) in [7, 11) is -4.29. The van der Waals surface area contributed by atoms with Crippen molar-refractivity contribution in [2.75, 3.05) is 0 Å². The molecule has 0 heterocycles. The van der Waals surface area contributed by atoms with Crippen molar-refractivity contribution in [3.8, 4) is 0 Å². The molecule has 1 atom stereocenters. The average molecular weight is 317 g/mol. The van der Waals surface area contributed by atoms with E-state index in [2.05, 4.69) is 4.18 Å². The lowest BCUT2D eigenvalue weighted by atomic mass is 10.2. The van der Waals surface area contributed by atoms with Gasteiger partial charge in [0.2, 0.25) is 0 Å². The molecule has 0 bridgehead atoms. The molecule has 0 radical (unpaired) electrons. The van der Waals surface area contributed by atoms with Crippen LogP contribution in [0.4, 0.5) is 0 Å². The SMILES string of the molecule is NCc1ccc(S(=O)(=O)O[C@@H](CCC(=O)O)C(=O)O)cc1. The molecule has 0 amide bonds. The van der Waals surface area contributed by atoms with Crippen molar-refractivity contribution in [2.24, 2.45) is 5.73 Å². The Morgan fingerprint density at radius 2 is 1.76 bits per heavy atom. The highest BCUT2D eigenvalue weighted by Crippen LogP contribution is 2.17. The third-order valence-electron chi connectivity index (χ3n) is 2.59. The maximum absolute atomic E-state index is 11.9. The summed E-state index contributed by atoms with van der Waals surface area (Å²) in [6.45, 7) is 0.234. The Morgan fingerprint density at radius 3 is 2.19 bits per heavy atom. The number of carboxylic acids is 2. The van der Waals surface area contributed by atoms with E-state index in [1.165, 1.54) is 24.3 Å². The summed E-state index contributed by atoms with van der Waals surface area (Å²) in [4.78, 5) is 21.1. The first-order valence-corrected chi connectivity index (χ1v) is 7.34. The standard InChI is InChI=1S/C12H15NO7S/c13-7-8-1-3-9(4-2-8)21(18,19)20-10(12(16)17)5-6-11(14)15/h1-4,10H,5-7,13H2,(H,14,15)(H,16,17)/t10-/m0/s1. The van der Waals surface area contributed by atoms with Crippen LogP contribution in [0.25, 0.3) is 0 Å². The molecule has 4 N–H and O–H groups in total. The van der Waals surface area contributed by atoms with Crippen LogP contribution in [-0.4, -0.2) is 36.7 Å². The van der Waals surface area contributed by atoms with E-state index < -0.39 is 41.0 Å². The fraction of sp³-hybridized carbons (Fsp3) is 0.333. The van der Waals surface area contributed by atoms with E-state index in [0.29, 0.717) is 5.56 Å². The first-order chi connectivity index (χ1) is 9.76. The molecule has 9 heteroatoms. The van der Waals surface area contributed by atoms with Crippen LogP contribution in [0, 0.1) is 0 Å². The quantitative estimate of drug-likeness (QED) is 0.575. The van der Waals surface area contributed by atoms with Crippen LogP contribution < -0.4 is 5.73 Å². The monoisotopic (exact) mass is 317 g/mol. The molecule has 0 aliphatic rings. The molecule has 0 aliphatic heterocycles. The topological polar surface area (TPSA) is 144 Å². The molecule has 0 aromatic heterocycles. The van der Waals surface area contributed by atoms with Gasteiger partial charge in [0, 0.05) is 13.0 Å². The number of benzene rings is 1. The van der Waals surface area contributed by atoms with Crippen LogP contribution in [0.15, 0.2) is 29.2 Å². The zero-order valence-electron chi connectivity index (χ0n) is 10.9. The fourth-order valence-corrected chi connectivity index (χ4v) is 2.53. The predicted molar refractivity (Wildman–Crippen MR) is 70.9 cm³/mol. The van der Waals surface area contributed by atoms with Gasteiger partial charge in [0.15, 0.2) is 6.10 Å². The summed E-state index contributed by atoms with van der Waals surface area (Å²) < 4.78 is 28.4. The molecule has 1 aromatic carbocycles. The molecule has 0 saturated carbocycles. The lowest BCUT2D eigenvalue weighted by molar-refractivity contribution is -0.146. The summed E-state index contributed by atoms with van der Waals surface area (Å²) in [6.07, 6.45) is -2.72. The number of hydrogen-bond donors (Lipinski definition) is 3. The largest absolute Gasteiger partial charge is 0.481 e. The summed E-state index contributed by atoms with van der Waals surface area (Å²) in [6, 6.07) is 5.44. The Kier molecular flexibility index (Phi) is 5.82. The van der Waals surface area contributed by atoms with Crippen molar-refractivity contribution in [2.45, 2.75) is 30.4 Å². The van der Waals surface area contributed by atoms with Crippen LogP contribution in [-0.2, 0) is 30.4 Å². The van der Waals surface area contributed by atoms with Crippen LogP contribution in [0.1, 0.15) is 18.4 Å². The van der Waals surface area contributed by atoms with Crippen molar-refractivity contribution < 1.29 is 32.4 Å². The van der Waals surface area contributed by atoms with Crippen molar-refractivity contribution in [1.29, 1.82) is 0 Å². The summed E-state index contributed by atoms with van der Waals surface area (Å²) in [5, 5.41) is 17.4. The van der Waals surface area contributed by atoms with Gasteiger partial charge in [-0.3, -0.25) is 8.98 Å². The maximum Gasteiger partial charge on any atom is 0.334 e. The van der Waals surface area contributed by atoms with E-state index >= 15 is 0 Å². The van der Waals surface area contributed by atoms with Gasteiger partial charge in [-0.2, -0.15) is 8.42 Å². The molecular formula is C12H15NO7S. The van der Waals surface area contributed by atoms with E-state index in [-0.39, 0.29) is 11.4 Å². The Bertz CT molecular complexity index is 609. The lowest BCUT2D eigenvalue weighted by Crippen LogP contribution is -2.28. The highest BCUT2D eigenvalue weighted by Gasteiger charge is 2.27. The number of nitrogens with two attached hydrogens (primary N) is 1. The summed E-state index contributed by atoms with van der Waals surface area (Å²) in [5.41, 5.74) is 6.09. The van der Waals surface area contributed by atoms with Gasteiger partial charge in [-0.05, 0) is 24.1 Å². The lowest BCUT2D eigenvalue weighted by Gasteiger charge is -2.12. The Balaban J connectivity index is 2.89. The summed E-state index contributed by atoms with van der Waals surface area (Å²) in [5.74, 6) is -2.78. The number of carboxylic acid groups (broad SMARTS) is 2. The zero-order chi connectivity index (χ0) is 16.0. The van der Waals surface area contributed by atoms with E-state index in [9.17, 15) is 18.0 Å². The second kappa shape index (κ2) is 7.16. The molecule has 116 valence electrons. The third kappa shape index (κ3) is 5.14. The van der Waals surface area contributed by atoms with Gasteiger partial charge in [0.05, 0.1) is 4.90 Å². The van der Waals surface area contributed by atoms with Crippen LogP contribution in [0.3, 0.4) is 0 Å². The Morgan fingerprint density at radius 1 is 1.19 bits per heavy atom. The van der Waals surface area contributed by atoms with E-state index in [1.54, 1.807) is 0 Å². The van der Waals surface area contributed by atoms with Gasteiger partial charge in [0.1, 0.15) is 0 Å². The predicted octanol–water partition coefficient (Wildman–Crippen LogP) is 0.169. The molecule has 0 saturated heterocycles. The molecule has 21 heavy (non-hydrogen) atoms. The minimum atomic E-state index is -4.29. The van der Waals surface area contributed by atoms with Gasteiger partial charge in [-0.25, -0.2) is 4.79 Å².